The number of rotatable bonds is 1. The predicted octanol–water partition coefficient (Wildman–Crippen LogP) is 4.29. The molecule has 0 bridgehead atoms. The summed E-state index contributed by atoms with van der Waals surface area (Å²) in [7, 11) is 0. The van der Waals surface area contributed by atoms with Crippen LogP contribution in [0.5, 0.6) is 0 Å². The van der Waals surface area contributed by atoms with Gasteiger partial charge in [0.05, 0.1) is 11.2 Å². The van der Waals surface area contributed by atoms with Gasteiger partial charge in [0, 0.05) is 10.7 Å². The zero-order valence-corrected chi connectivity index (χ0v) is 11.8. The van der Waals surface area contributed by atoms with Gasteiger partial charge in [0.15, 0.2) is 0 Å². The molecule has 2 rings (SSSR count). The van der Waals surface area contributed by atoms with Gasteiger partial charge in [0.2, 0.25) is 0 Å². The minimum Gasteiger partial charge on any atom is -0.252 e. The molecule has 2 aromatic rings. The average Bonchev–Trinajstić information content (AvgIpc) is 2.30. The largest absolute Gasteiger partial charge is 0.252 e. The summed E-state index contributed by atoms with van der Waals surface area (Å²) >= 11 is 3.49. The number of hydrogen-bond acceptors (Lipinski definition) is 2. The highest BCUT2D eigenvalue weighted by molar-refractivity contribution is 9.10. The number of halogens is 1. The minimum atomic E-state index is 0.925. The van der Waals surface area contributed by atoms with E-state index in [0.29, 0.717) is 0 Å². The van der Waals surface area contributed by atoms with Crippen molar-refractivity contribution in [3.63, 3.8) is 0 Å². The quantitative estimate of drug-likeness (QED) is 0.779. The molecule has 2 nitrogen and oxygen atoms in total. The van der Waals surface area contributed by atoms with Gasteiger partial charge in [-0.1, -0.05) is 20.8 Å². The van der Waals surface area contributed by atoms with E-state index in [1.54, 1.807) is 0 Å². The number of benzene rings is 1. The highest BCUT2D eigenvalue weighted by Gasteiger charge is 2.03. The molecule has 0 amide bonds. The molecule has 0 radical (unpaired) electrons. The minimum absolute atomic E-state index is 0.925. The van der Waals surface area contributed by atoms with Gasteiger partial charge in [-0.25, -0.2) is 4.98 Å². The van der Waals surface area contributed by atoms with E-state index in [-0.39, 0.29) is 0 Å². The molecular formula is C13H17BrN2. The Morgan fingerprint density at radius 3 is 2.56 bits per heavy atom. The van der Waals surface area contributed by atoms with Crippen molar-refractivity contribution in [2.24, 2.45) is 0 Å². The second kappa shape index (κ2) is 5.94. The molecule has 86 valence electrons. The van der Waals surface area contributed by atoms with Gasteiger partial charge >= 0.3 is 0 Å². The van der Waals surface area contributed by atoms with E-state index in [9.17, 15) is 0 Å². The maximum Gasteiger partial charge on any atom is 0.103 e. The molecule has 0 fully saturated rings. The Kier molecular flexibility index (Phi) is 4.87. The monoisotopic (exact) mass is 280 g/mol. The zero-order chi connectivity index (χ0) is 12.1. The lowest BCUT2D eigenvalue weighted by Gasteiger charge is -2.03. The normalized spacial score (nSPS) is 9.81. The molecule has 0 aliphatic rings. The van der Waals surface area contributed by atoms with E-state index >= 15 is 0 Å². The number of aryl methyl sites for hydroxylation is 2. The molecule has 0 unspecified atom stereocenters. The van der Waals surface area contributed by atoms with E-state index in [4.69, 9.17) is 0 Å². The van der Waals surface area contributed by atoms with Gasteiger partial charge in [-0.15, -0.1) is 0 Å². The van der Waals surface area contributed by atoms with Crippen LogP contribution in [-0.2, 0) is 6.42 Å². The summed E-state index contributed by atoms with van der Waals surface area (Å²) in [6.07, 6.45) is 2.76. The fourth-order valence-corrected chi connectivity index (χ4v) is 2.09. The summed E-state index contributed by atoms with van der Waals surface area (Å²) in [6.45, 7) is 8.14. The van der Waals surface area contributed by atoms with Crippen molar-refractivity contribution < 1.29 is 0 Å². The lowest BCUT2D eigenvalue weighted by atomic mass is 10.2. The van der Waals surface area contributed by atoms with Crippen molar-refractivity contribution in [3.05, 3.63) is 34.1 Å². The van der Waals surface area contributed by atoms with Crippen LogP contribution in [0.15, 0.2) is 22.8 Å². The SMILES string of the molecule is CC.CCc1cnc2c(Br)cc(C)cc2n1. The average molecular weight is 281 g/mol. The number of fused-ring (bicyclic) bond motifs is 1. The van der Waals surface area contributed by atoms with E-state index in [2.05, 4.69) is 51.9 Å². The molecular weight excluding hydrogens is 264 g/mol. The molecule has 16 heavy (non-hydrogen) atoms. The molecule has 0 saturated heterocycles. The maximum atomic E-state index is 4.52. The molecule has 0 aliphatic carbocycles. The standard InChI is InChI=1S/C11H11BrN2.C2H6/c1-3-8-6-13-11-9(12)4-7(2)5-10(11)14-8;1-2/h4-6H,3H2,1-2H3;1-2H3. The third-order valence-electron chi connectivity index (χ3n) is 2.16. The Balaban J connectivity index is 0.000000606. The Bertz CT molecular complexity index is 481. The van der Waals surface area contributed by atoms with Gasteiger partial charge in [0.1, 0.15) is 5.52 Å². The molecule has 1 heterocycles. The third kappa shape index (κ3) is 2.79. The second-order valence-electron chi connectivity index (χ2n) is 3.33. The maximum absolute atomic E-state index is 4.52. The first-order chi connectivity index (χ1) is 7.70. The highest BCUT2D eigenvalue weighted by atomic mass is 79.9. The zero-order valence-electron chi connectivity index (χ0n) is 10.2. The lowest BCUT2D eigenvalue weighted by Crippen LogP contribution is -1.92. The summed E-state index contributed by atoms with van der Waals surface area (Å²) in [4.78, 5) is 8.91. The van der Waals surface area contributed by atoms with Crippen molar-refractivity contribution in [1.29, 1.82) is 0 Å². The van der Waals surface area contributed by atoms with Crippen LogP contribution in [0.1, 0.15) is 32.0 Å². The summed E-state index contributed by atoms with van der Waals surface area (Å²) < 4.78 is 1.02. The van der Waals surface area contributed by atoms with Gasteiger partial charge in [0.25, 0.3) is 0 Å². The van der Waals surface area contributed by atoms with Crippen LogP contribution in [0.3, 0.4) is 0 Å². The van der Waals surface area contributed by atoms with Gasteiger partial charge in [-0.05, 0) is 47.0 Å². The molecule has 3 heteroatoms. The number of nitrogens with zero attached hydrogens (tertiary/aromatic N) is 2. The first kappa shape index (κ1) is 13.1. The van der Waals surface area contributed by atoms with E-state index in [0.717, 1.165) is 27.6 Å². The Morgan fingerprint density at radius 2 is 1.94 bits per heavy atom. The van der Waals surface area contributed by atoms with Gasteiger partial charge < -0.3 is 0 Å². The molecule has 0 N–H and O–H groups in total. The van der Waals surface area contributed by atoms with Gasteiger partial charge in [-0.2, -0.15) is 0 Å². The van der Waals surface area contributed by atoms with Crippen molar-refractivity contribution in [1.82, 2.24) is 9.97 Å². The van der Waals surface area contributed by atoms with Crippen molar-refractivity contribution in [2.75, 3.05) is 0 Å². The van der Waals surface area contributed by atoms with Crippen molar-refractivity contribution in [2.45, 2.75) is 34.1 Å². The van der Waals surface area contributed by atoms with Crippen LogP contribution in [0.25, 0.3) is 11.0 Å². The number of aromatic nitrogens is 2. The van der Waals surface area contributed by atoms with E-state index in [1.807, 2.05) is 20.0 Å². The van der Waals surface area contributed by atoms with Crippen LogP contribution in [0.2, 0.25) is 0 Å². The van der Waals surface area contributed by atoms with Crippen molar-refractivity contribution >= 4 is 27.0 Å². The molecule has 1 aromatic heterocycles. The molecule has 0 aliphatic heterocycles. The second-order valence-corrected chi connectivity index (χ2v) is 4.18. The summed E-state index contributed by atoms with van der Waals surface area (Å²) in [6, 6.07) is 4.12. The van der Waals surface area contributed by atoms with Crippen LogP contribution >= 0.6 is 15.9 Å². The lowest BCUT2D eigenvalue weighted by molar-refractivity contribution is 1.03. The summed E-state index contributed by atoms with van der Waals surface area (Å²) in [5.41, 5.74) is 4.14. The topological polar surface area (TPSA) is 25.8 Å². The molecule has 0 spiro atoms. The molecule has 0 atom stereocenters. The van der Waals surface area contributed by atoms with Crippen molar-refractivity contribution in [3.8, 4) is 0 Å². The Labute approximate surface area is 105 Å². The fraction of sp³-hybridized carbons (Fsp3) is 0.385. The van der Waals surface area contributed by atoms with Crippen LogP contribution < -0.4 is 0 Å². The van der Waals surface area contributed by atoms with E-state index in [1.165, 1.54) is 5.56 Å². The number of hydrogen-bond donors (Lipinski definition) is 0. The van der Waals surface area contributed by atoms with Gasteiger partial charge in [-0.3, -0.25) is 4.98 Å². The third-order valence-corrected chi connectivity index (χ3v) is 2.76. The molecule has 0 saturated carbocycles. The molecule has 1 aromatic carbocycles. The summed E-state index contributed by atoms with van der Waals surface area (Å²) in [5.74, 6) is 0. The highest BCUT2D eigenvalue weighted by Crippen LogP contribution is 2.22. The fourth-order valence-electron chi connectivity index (χ4n) is 1.42. The van der Waals surface area contributed by atoms with Crippen LogP contribution in [0.4, 0.5) is 0 Å². The Hall–Kier alpha value is -0.960. The predicted molar refractivity (Wildman–Crippen MR) is 72.7 cm³/mol. The van der Waals surface area contributed by atoms with Crippen LogP contribution in [-0.4, -0.2) is 9.97 Å². The Morgan fingerprint density at radius 1 is 1.25 bits per heavy atom. The first-order valence-corrected chi connectivity index (χ1v) is 6.42. The van der Waals surface area contributed by atoms with E-state index < -0.39 is 0 Å². The van der Waals surface area contributed by atoms with Crippen LogP contribution in [0, 0.1) is 6.92 Å². The smallest absolute Gasteiger partial charge is 0.103 e. The summed E-state index contributed by atoms with van der Waals surface area (Å²) in [5, 5.41) is 0. The first-order valence-electron chi connectivity index (χ1n) is 5.62.